The molecule has 0 amide bonds. The molecule has 0 N–H and O–H groups in total. The molecule has 0 spiro atoms. The van der Waals surface area contributed by atoms with Crippen molar-refractivity contribution in [2.24, 2.45) is 14.1 Å². The van der Waals surface area contributed by atoms with Crippen LogP contribution in [0.5, 0.6) is 0 Å². The first-order valence-electron chi connectivity index (χ1n) is 9.00. The minimum Gasteiger partial charge on any atom is -0.338 e. The van der Waals surface area contributed by atoms with Crippen molar-refractivity contribution in [3.63, 3.8) is 0 Å². The van der Waals surface area contributed by atoms with Crippen LogP contribution >= 0.6 is 0 Å². The van der Waals surface area contributed by atoms with Gasteiger partial charge in [0.2, 0.25) is 5.69 Å². The summed E-state index contributed by atoms with van der Waals surface area (Å²) in [6.07, 6.45) is 2.17. The summed E-state index contributed by atoms with van der Waals surface area (Å²) in [6.45, 7) is 2.15. The van der Waals surface area contributed by atoms with Gasteiger partial charge in [0.1, 0.15) is 12.6 Å². The molecule has 0 bridgehead atoms. The Balaban J connectivity index is 2.01. The highest BCUT2D eigenvalue weighted by molar-refractivity contribution is 6.19. The Morgan fingerprint density at radius 2 is 1.50 bits per heavy atom. The van der Waals surface area contributed by atoms with E-state index in [2.05, 4.69) is 103 Å². The van der Waals surface area contributed by atoms with Crippen LogP contribution in [-0.2, 0) is 14.1 Å². The fourth-order valence-electron chi connectivity index (χ4n) is 4.25. The number of hydrogen-bond acceptors (Lipinski definition) is 0. The van der Waals surface area contributed by atoms with Crippen molar-refractivity contribution in [3.05, 3.63) is 78.5 Å². The van der Waals surface area contributed by atoms with Crippen LogP contribution in [0, 0.1) is 6.92 Å². The van der Waals surface area contributed by atoms with E-state index in [0.29, 0.717) is 0 Å². The standard InChI is InChI=1S/C24H21N2/c1-16-9-11-19-18(15-16)10-12-20-21-13-14-25(2)22(17-7-5-4-6-8-17)24(21)26(3)23(19)20/h4-15H,1-3H3/q+1. The van der Waals surface area contributed by atoms with Crippen LogP contribution in [0.4, 0.5) is 0 Å². The van der Waals surface area contributed by atoms with Gasteiger partial charge < -0.3 is 4.57 Å². The quantitative estimate of drug-likeness (QED) is 0.368. The Hall–Kier alpha value is -3.13. The lowest BCUT2D eigenvalue weighted by Crippen LogP contribution is -2.30. The average Bonchev–Trinajstić information content (AvgIpc) is 2.95. The lowest BCUT2D eigenvalue weighted by molar-refractivity contribution is -0.659. The zero-order valence-corrected chi connectivity index (χ0v) is 15.3. The number of benzene rings is 3. The Kier molecular flexibility index (Phi) is 3.17. The van der Waals surface area contributed by atoms with Crippen LogP contribution < -0.4 is 4.57 Å². The van der Waals surface area contributed by atoms with Gasteiger partial charge in [0.05, 0.1) is 5.52 Å². The van der Waals surface area contributed by atoms with Crippen LogP contribution in [0.25, 0.3) is 43.8 Å². The van der Waals surface area contributed by atoms with E-state index in [1.165, 1.54) is 49.4 Å². The third-order valence-corrected chi connectivity index (χ3v) is 5.45. The van der Waals surface area contributed by atoms with E-state index in [4.69, 9.17) is 0 Å². The first kappa shape index (κ1) is 15.2. The fourth-order valence-corrected chi connectivity index (χ4v) is 4.25. The smallest absolute Gasteiger partial charge is 0.236 e. The third kappa shape index (κ3) is 2.02. The maximum absolute atomic E-state index is 2.37. The summed E-state index contributed by atoms with van der Waals surface area (Å²) >= 11 is 0. The molecule has 0 saturated heterocycles. The molecule has 2 aromatic heterocycles. The molecule has 0 aliphatic carbocycles. The molecule has 2 nitrogen and oxygen atoms in total. The summed E-state index contributed by atoms with van der Waals surface area (Å²) in [7, 11) is 4.32. The van der Waals surface area contributed by atoms with Gasteiger partial charge in [-0.15, -0.1) is 0 Å². The lowest BCUT2D eigenvalue weighted by atomic mass is 10.0. The molecule has 0 aliphatic heterocycles. The number of fused-ring (bicyclic) bond motifs is 5. The second kappa shape index (κ2) is 5.43. The van der Waals surface area contributed by atoms with Crippen molar-refractivity contribution in [2.75, 3.05) is 0 Å². The normalized spacial score (nSPS) is 11.7. The molecular formula is C24H21N2+. The van der Waals surface area contributed by atoms with Crippen LogP contribution in [0.1, 0.15) is 5.56 Å². The average molecular weight is 337 g/mol. The maximum atomic E-state index is 2.37. The van der Waals surface area contributed by atoms with Crippen molar-refractivity contribution in [1.82, 2.24) is 4.57 Å². The number of aryl methyl sites for hydroxylation is 3. The van der Waals surface area contributed by atoms with E-state index in [1.54, 1.807) is 0 Å². The van der Waals surface area contributed by atoms with E-state index >= 15 is 0 Å². The van der Waals surface area contributed by atoms with E-state index in [1.807, 2.05) is 0 Å². The highest BCUT2D eigenvalue weighted by atomic mass is 15.0. The molecule has 0 radical (unpaired) electrons. The van der Waals surface area contributed by atoms with Gasteiger partial charge in [-0.2, -0.15) is 4.57 Å². The number of nitrogens with zero attached hydrogens (tertiary/aromatic N) is 2. The maximum Gasteiger partial charge on any atom is 0.236 e. The molecule has 0 fully saturated rings. The minimum absolute atomic E-state index is 1.24. The second-order valence-electron chi connectivity index (χ2n) is 7.15. The zero-order chi connectivity index (χ0) is 17.8. The Bertz CT molecular complexity index is 1290. The van der Waals surface area contributed by atoms with E-state index in [-0.39, 0.29) is 0 Å². The molecule has 2 heteroatoms. The summed E-state index contributed by atoms with van der Waals surface area (Å²) in [4.78, 5) is 0. The summed E-state index contributed by atoms with van der Waals surface area (Å²) in [5.41, 5.74) is 6.38. The zero-order valence-electron chi connectivity index (χ0n) is 15.3. The van der Waals surface area contributed by atoms with Crippen molar-refractivity contribution in [1.29, 1.82) is 0 Å². The predicted molar refractivity (Wildman–Crippen MR) is 109 cm³/mol. The summed E-state index contributed by atoms with van der Waals surface area (Å²) in [5, 5.41) is 5.24. The molecular weight excluding hydrogens is 316 g/mol. The largest absolute Gasteiger partial charge is 0.338 e. The summed E-state index contributed by atoms with van der Waals surface area (Å²) < 4.78 is 4.59. The highest BCUT2D eigenvalue weighted by Crippen LogP contribution is 2.36. The van der Waals surface area contributed by atoms with Crippen LogP contribution in [0.15, 0.2) is 72.9 Å². The van der Waals surface area contributed by atoms with Crippen LogP contribution in [0.3, 0.4) is 0 Å². The minimum atomic E-state index is 1.24. The monoisotopic (exact) mass is 337 g/mol. The fraction of sp³-hybridized carbons (Fsp3) is 0.125. The van der Waals surface area contributed by atoms with Crippen LogP contribution in [0.2, 0.25) is 0 Å². The van der Waals surface area contributed by atoms with Gasteiger partial charge in [0, 0.05) is 34.8 Å². The van der Waals surface area contributed by atoms with Crippen LogP contribution in [-0.4, -0.2) is 4.57 Å². The van der Waals surface area contributed by atoms with Gasteiger partial charge >= 0.3 is 0 Å². The van der Waals surface area contributed by atoms with Gasteiger partial charge in [0.25, 0.3) is 0 Å². The third-order valence-electron chi connectivity index (χ3n) is 5.45. The van der Waals surface area contributed by atoms with E-state index in [9.17, 15) is 0 Å². The van der Waals surface area contributed by atoms with Crippen molar-refractivity contribution >= 4 is 32.6 Å². The molecule has 0 atom stereocenters. The first-order chi connectivity index (χ1) is 12.6. The molecule has 3 aromatic carbocycles. The van der Waals surface area contributed by atoms with E-state index < -0.39 is 0 Å². The van der Waals surface area contributed by atoms with E-state index in [0.717, 1.165) is 0 Å². The summed E-state index contributed by atoms with van der Waals surface area (Å²) in [5.74, 6) is 0. The Morgan fingerprint density at radius 3 is 2.31 bits per heavy atom. The van der Waals surface area contributed by atoms with Gasteiger partial charge in [-0.25, -0.2) is 0 Å². The molecule has 2 heterocycles. The lowest BCUT2D eigenvalue weighted by Gasteiger charge is -2.06. The van der Waals surface area contributed by atoms with Gasteiger partial charge in [-0.05, 0) is 24.4 Å². The molecule has 5 aromatic rings. The van der Waals surface area contributed by atoms with Crippen molar-refractivity contribution in [2.45, 2.75) is 6.92 Å². The van der Waals surface area contributed by atoms with Crippen molar-refractivity contribution < 1.29 is 4.57 Å². The first-order valence-corrected chi connectivity index (χ1v) is 9.00. The SMILES string of the molecule is Cc1ccc2c(ccc3c4cc[n+](C)c(-c5ccccc5)c4n(C)c23)c1. The number of hydrogen-bond donors (Lipinski definition) is 0. The predicted octanol–water partition coefficient (Wildman–Crippen LogP) is 5.28. The molecule has 26 heavy (non-hydrogen) atoms. The number of rotatable bonds is 1. The Labute approximate surface area is 152 Å². The summed E-state index contributed by atoms with van der Waals surface area (Å²) in [6, 6.07) is 24.2. The second-order valence-corrected chi connectivity index (χ2v) is 7.15. The molecule has 0 aliphatic rings. The molecule has 5 rings (SSSR count). The van der Waals surface area contributed by atoms with Gasteiger partial charge in [-0.3, -0.25) is 0 Å². The number of aromatic nitrogens is 2. The molecule has 126 valence electrons. The topological polar surface area (TPSA) is 8.81 Å². The molecule has 0 saturated carbocycles. The molecule has 0 unspecified atom stereocenters. The highest BCUT2D eigenvalue weighted by Gasteiger charge is 2.21. The van der Waals surface area contributed by atoms with Gasteiger partial charge in [-0.1, -0.05) is 54.1 Å². The Morgan fingerprint density at radius 1 is 0.769 bits per heavy atom. The van der Waals surface area contributed by atoms with Crippen molar-refractivity contribution in [3.8, 4) is 11.3 Å². The van der Waals surface area contributed by atoms with Gasteiger partial charge in [0.15, 0.2) is 6.20 Å². The number of pyridine rings is 1.